The lowest BCUT2D eigenvalue weighted by Crippen LogP contribution is -2.38. The van der Waals surface area contributed by atoms with Gasteiger partial charge < -0.3 is 4.90 Å². The highest BCUT2D eigenvalue weighted by atomic mass is 35.5. The van der Waals surface area contributed by atoms with Gasteiger partial charge in [-0.2, -0.15) is 11.8 Å². The number of carbonyl (C=O) groups is 1. The molecule has 1 heterocycles. The summed E-state index contributed by atoms with van der Waals surface area (Å²) in [6.45, 7) is 3.11. The molecule has 1 aliphatic rings. The van der Waals surface area contributed by atoms with Crippen LogP contribution >= 0.6 is 23.4 Å². The molecule has 0 unspecified atom stereocenters. The van der Waals surface area contributed by atoms with Gasteiger partial charge >= 0.3 is 0 Å². The van der Waals surface area contributed by atoms with Crippen LogP contribution in [0, 0.1) is 12.7 Å². The van der Waals surface area contributed by atoms with Gasteiger partial charge in [0.15, 0.2) is 0 Å². The van der Waals surface area contributed by atoms with E-state index in [1.165, 1.54) is 12.1 Å². The third-order valence-electron chi connectivity index (χ3n) is 2.75. The highest BCUT2D eigenvalue weighted by Crippen LogP contribution is 2.24. The summed E-state index contributed by atoms with van der Waals surface area (Å²) in [5, 5.41) is 0.356. The molecule has 2 rings (SSSR count). The second-order valence-corrected chi connectivity index (χ2v) is 5.59. The minimum atomic E-state index is -0.415. The summed E-state index contributed by atoms with van der Waals surface area (Å²) < 4.78 is 13.3. The van der Waals surface area contributed by atoms with Crippen molar-refractivity contribution in [3.8, 4) is 0 Å². The normalized spacial score (nSPS) is 16.1. The van der Waals surface area contributed by atoms with E-state index in [9.17, 15) is 9.18 Å². The van der Waals surface area contributed by atoms with Crippen LogP contribution in [0.15, 0.2) is 12.1 Å². The van der Waals surface area contributed by atoms with E-state index in [0.29, 0.717) is 23.7 Å². The zero-order chi connectivity index (χ0) is 12.4. The van der Waals surface area contributed by atoms with Crippen molar-refractivity contribution in [2.24, 2.45) is 0 Å². The minimum Gasteiger partial charge on any atom is -0.337 e. The molecule has 17 heavy (non-hydrogen) atoms. The van der Waals surface area contributed by atoms with Crippen molar-refractivity contribution in [2.75, 3.05) is 24.6 Å². The van der Waals surface area contributed by atoms with E-state index in [0.717, 1.165) is 11.5 Å². The summed E-state index contributed by atoms with van der Waals surface area (Å²) in [5.74, 6) is 1.27. The molecule has 1 saturated heterocycles. The number of benzene rings is 1. The number of carbonyl (C=O) groups excluding carboxylic acids is 1. The lowest BCUT2D eigenvalue weighted by atomic mass is 10.1. The van der Waals surface area contributed by atoms with Crippen LogP contribution in [0.3, 0.4) is 0 Å². The molecule has 1 aromatic rings. The summed E-state index contributed by atoms with van der Waals surface area (Å²) in [5.41, 5.74) is 0.873. The summed E-state index contributed by atoms with van der Waals surface area (Å²) in [6, 6.07) is 2.56. The Labute approximate surface area is 109 Å². The van der Waals surface area contributed by atoms with Gasteiger partial charge in [0.25, 0.3) is 5.91 Å². The van der Waals surface area contributed by atoms with Crippen LogP contribution < -0.4 is 0 Å². The van der Waals surface area contributed by atoms with Crippen molar-refractivity contribution in [3.63, 3.8) is 0 Å². The fourth-order valence-corrected chi connectivity index (χ4v) is 2.91. The first-order valence-electron chi connectivity index (χ1n) is 5.42. The number of thioether (sulfide) groups is 1. The Morgan fingerprint density at radius 3 is 2.71 bits per heavy atom. The van der Waals surface area contributed by atoms with Crippen LogP contribution in [0.25, 0.3) is 0 Å². The van der Waals surface area contributed by atoms with Gasteiger partial charge in [-0.25, -0.2) is 4.39 Å². The highest BCUT2D eigenvalue weighted by Gasteiger charge is 2.21. The molecular weight excluding hydrogens is 261 g/mol. The van der Waals surface area contributed by atoms with E-state index < -0.39 is 5.82 Å². The van der Waals surface area contributed by atoms with E-state index in [4.69, 9.17) is 11.6 Å². The molecular formula is C12H13ClFNOS. The molecule has 2 nitrogen and oxygen atoms in total. The highest BCUT2D eigenvalue weighted by molar-refractivity contribution is 7.99. The first-order chi connectivity index (χ1) is 8.09. The monoisotopic (exact) mass is 273 g/mol. The lowest BCUT2D eigenvalue weighted by Gasteiger charge is -2.27. The van der Waals surface area contributed by atoms with Gasteiger partial charge in [-0.1, -0.05) is 11.6 Å². The number of hydrogen-bond acceptors (Lipinski definition) is 2. The molecule has 0 saturated carbocycles. The van der Waals surface area contributed by atoms with Gasteiger partial charge in [-0.3, -0.25) is 4.79 Å². The van der Waals surface area contributed by atoms with Crippen LogP contribution in [0.4, 0.5) is 4.39 Å². The molecule has 1 aromatic carbocycles. The van der Waals surface area contributed by atoms with E-state index in [-0.39, 0.29) is 11.5 Å². The zero-order valence-electron chi connectivity index (χ0n) is 9.50. The molecule has 92 valence electrons. The number of amides is 1. The second-order valence-electron chi connectivity index (χ2n) is 3.99. The van der Waals surface area contributed by atoms with Crippen LogP contribution in [0.1, 0.15) is 15.9 Å². The topological polar surface area (TPSA) is 20.3 Å². The van der Waals surface area contributed by atoms with E-state index in [1.807, 2.05) is 11.8 Å². The van der Waals surface area contributed by atoms with Crippen LogP contribution in [-0.2, 0) is 0 Å². The molecule has 0 radical (unpaired) electrons. The Morgan fingerprint density at radius 1 is 1.41 bits per heavy atom. The first-order valence-corrected chi connectivity index (χ1v) is 6.95. The summed E-state index contributed by atoms with van der Waals surface area (Å²) in [4.78, 5) is 13.9. The number of aryl methyl sites for hydroxylation is 1. The first kappa shape index (κ1) is 12.7. The average molecular weight is 274 g/mol. The van der Waals surface area contributed by atoms with E-state index in [2.05, 4.69) is 0 Å². The molecule has 0 atom stereocenters. The van der Waals surface area contributed by atoms with E-state index in [1.54, 1.807) is 11.8 Å². The number of halogens is 2. The zero-order valence-corrected chi connectivity index (χ0v) is 11.1. The van der Waals surface area contributed by atoms with E-state index >= 15 is 0 Å². The quantitative estimate of drug-likeness (QED) is 0.784. The van der Waals surface area contributed by atoms with Gasteiger partial charge in [-0.05, 0) is 24.6 Å². The Bertz CT molecular complexity index is 446. The van der Waals surface area contributed by atoms with Gasteiger partial charge in [0, 0.05) is 24.6 Å². The molecule has 0 spiro atoms. The van der Waals surface area contributed by atoms with Crippen molar-refractivity contribution < 1.29 is 9.18 Å². The predicted molar refractivity (Wildman–Crippen MR) is 69.4 cm³/mol. The maximum atomic E-state index is 13.3. The van der Waals surface area contributed by atoms with Crippen LogP contribution in [0.5, 0.6) is 0 Å². The molecule has 0 bridgehead atoms. The van der Waals surface area contributed by atoms with Crippen LogP contribution in [0.2, 0.25) is 5.02 Å². The smallest absolute Gasteiger partial charge is 0.255 e. The van der Waals surface area contributed by atoms with Crippen molar-refractivity contribution in [1.82, 2.24) is 4.90 Å². The lowest BCUT2D eigenvalue weighted by molar-refractivity contribution is 0.0772. The Hall–Kier alpha value is -0.740. The SMILES string of the molecule is Cc1cc(F)cc(C(=O)N2CCSCC2)c1Cl. The molecule has 1 fully saturated rings. The van der Waals surface area contributed by atoms with Gasteiger partial charge in [0.05, 0.1) is 10.6 Å². The van der Waals surface area contributed by atoms with Crippen molar-refractivity contribution in [3.05, 3.63) is 34.1 Å². The minimum absolute atomic E-state index is 0.169. The molecule has 0 aliphatic carbocycles. The maximum absolute atomic E-state index is 13.3. The Balaban J connectivity index is 2.29. The Morgan fingerprint density at radius 2 is 2.06 bits per heavy atom. The standard InChI is InChI=1S/C12H13ClFNOS/c1-8-6-9(14)7-10(11(8)13)12(16)15-2-4-17-5-3-15/h6-7H,2-5H2,1H3. The Kier molecular flexibility index (Phi) is 3.94. The number of rotatable bonds is 1. The second kappa shape index (κ2) is 5.27. The summed E-state index contributed by atoms with van der Waals surface area (Å²) in [7, 11) is 0. The van der Waals surface area contributed by atoms with Crippen molar-refractivity contribution >= 4 is 29.3 Å². The van der Waals surface area contributed by atoms with Gasteiger partial charge in [0.2, 0.25) is 0 Å². The number of nitrogens with zero attached hydrogens (tertiary/aromatic N) is 1. The fourth-order valence-electron chi connectivity index (χ4n) is 1.82. The summed E-state index contributed by atoms with van der Waals surface area (Å²) >= 11 is 7.88. The van der Waals surface area contributed by atoms with Crippen molar-refractivity contribution in [2.45, 2.75) is 6.92 Å². The number of hydrogen-bond donors (Lipinski definition) is 0. The average Bonchev–Trinajstić information content (AvgIpc) is 2.34. The largest absolute Gasteiger partial charge is 0.337 e. The van der Waals surface area contributed by atoms with Gasteiger partial charge in [-0.15, -0.1) is 0 Å². The van der Waals surface area contributed by atoms with Gasteiger partial charge in [0.1, 0.15) is 5.82 Å². The maximum Gasteiger partial charge on any atom is 0.255 e. The molecule has 1 amide bonds. The molecule has 5 heteroatoms. The molecule has 0 N–H and O–H groups in total. The predicted octanol–water partition coefficient (Wildman–Crippen LogP) is 2.98. The molecule has 0 aromatic heterocycles. The fraction of sp³-hybridized carbons (Fsp3) is 0.417. The summed E-state index contributed by atoms with van der Waals surface area (Å²) in [6.07, 6.45) is 0. The van der Waals surface area contributed by atoms with Crippen molar-refractivity contribution in [1.29, 1.82) is 0 Å². The van der Waals surface area contributed by atoms with Crippen LogP contribution in [-0.4, -0.2) is 35.4 Å². The third kappa shape index (κ3) is 2.75. The molecule has 1 aliphatic heterocycles. The third-order valence-corrected chi connectivity index (χ3v) is 4.19.